The van der Waals surface area contributed by atoms with E-state index in [1.54, 1.807) is 0 Å². The summed E-state index contributed by atoms with van der Waals surface area (Å²) >= 11 is -2.86. The van der Waals surface area contributed by atoms with Crippen LogP contribution in [0.3, 0.4) is 0 Å². The summed E-state index contributed by atoms with van der Waals surface area (Å²) in [6.07, 6.45) is -10.7. The molecule has 0 rings (SSSR count). The van der Waals surface area contributed by atoms with Crippen LogP contribution in [0, 0.1) is 0 Å². The molecule has 4 nitrogen and oxygen atoms in total. The zero-order valence-corrected chi connectivity index (χ0v) is 8.50. The van der Waals surface area contributed by atoms with E-state index in [1.165, 1.54) is 0 Å². The van der Waals surface area contributed by atoms with Crippen LogP contribution in [0.1, 0.15) is 0 Å². The molecule has 0 aromatic heterocycles. The van der Waals surface area contributed by atoms with Gasteiger partial charge in [0.2, 0.25) is 0 Å². The van der Waals surface area contributed by atoms with Gasteiger partial charge >= 0.3 is 83.9 Å². The molecule has 0 aliphatic rings. The Kier molecular flexibility index (Phi) is 4.43. The van der Waals surface area contributed by atoms with Gasteiger partial charge in [-0.3, -0.25) is 0 Å². The van der Waals surface area contributed by atoms with Gasteiger partial charge in [0, 0.05) is 0 Å². The Bertz CT molecular complexity index is 231. The van der Waals surface area contributed by atoms with Gasteiger partial charge in [0.1, 0.15) is 0 Å². The third kappa shape index (κ3) is 5.49. The first-order valence-electron chi connectivity index (χ1n) is 2.86. The topological polar surface area (TPSA) is 52.6 Å². The number of carbonyl (C=O) groups is 2. The van der Waals surface area contributed by atoms with Gasteiger partial charge in [0.15, 0.2) is 0 Å². The Balaban J connectivity index is 3.92. The van der Waals surface area contributed by atoms with Crippen molar-refractivity contribution < 1.29 is 43.5 Å². The summed E-state index contributed by atoms with van der Waals surface area (Å²) in [5.41, 5.74) is 0. The summed E-state index contributed by atoms with van der Waals surface area (Å²) in [6.45, 7) is 0. The van der Waals surface area contributed by atoms with E-state index in [9.17, 15) is 35.9 Å². The fourth-order valence-electron chi connectivity index (χ4n) is 0.212. The fraction of sp³-hybridized carbons (Fsp3) is 0.500. The number of hydrogen-bond donors (Lipinski definition) is 0. The molecule has 0 fully saturated rings. The van der Waals surface area contributed by atoms with Crippen LogP contribution >= 0.6 is 0 Å². The molecule has 0 aromatic rings. The van der Waals surface area contributed by atoms with Crippen LogP contribution in [0.4, 0.5) is 26.3 Å². The van der Waals surface area contributed by atoms with Crippen molar-refractivity contribution in [3.63, 3.8) is 0 Å². The van der Waals surface area contributed by atoms with Crippen molar-refractivity contribution in [1.82, 2.24) is 0 Å². The van der Waals surface area contributed by atoms with E-state index in [0.717, 1.165) is 0 Å². The summed E-state index contributed by atoms with van der Waals surface area (Å²) in [6, 6.07) is 0. The van der Waals surface area contributed by atoms with Crippen molar-refractivity contribution in [1.29, 1.82) is 0 Å². The van der Waals surface area contributed by atoms with Crippen molar-refractivity contribution in [3.05, 3.63) is 0 Å². The van der Waals surface area contributed by atoms with E-state index in [0.29, 0.717) is 0 Å². The van der Waals surface area contributed by atoms with Gasteiger partial charge in [0.25, 0.3) is 0 Å². The monoisotopic (exact) mass is 300 g/mol. The summed E-state index contributed by atoms with van der Waals surface area (Å²) in [5.74, 6) is -5.39. The maximum absolute atomic E-state index is 11.4. The molecule has 86 valence electrons. The van der Waals surface area contributed by atoms with Gasteiger partial charge in [-0.15, -0.1) is 0 Å². The molecule has 0 saturated carbocycles. The molecule has 0 spiro atoms. The van der Waals surface area contributed by atoms with Gasteiger partial charge in [0.05, 0.1) is 0 Å². The Morgan fingerprint density at radius 2 is 1.07 bits per heavy atom. The average Bonchev–Trinajstić information content (AvgIpc) is 2.00. The summed E-state index contributed by atoms with van der Waals surface area (Å²) in [4.78, 5) is 19.8. The van der Waals surface area contributed by atoms with E-state index in [2.05, 4.69) is 7.53 Å². The summed E-state index contributed by atoms with van der Waals surface area (Å²) < 4.78 is 74.9. The molecule has 0 amide bonds. The molecule has 11 heteroatoms. The Morgan fingerprint density at radius 1 is 0.800 bits per heavy atom. The molecule has 0 saturated heterocycles. The predicted molar refractivity (Wildman–Crippen MR) is 30.0 cm³/mol. The molecule has 0 aliphatic carbocycles. The van der Waals surface area contributed by atoms with Gasteiger partial charge < -0.3 is 0 Å². The second-order valence-corrected chi connectivity index (χ2v) is 3.06. The van der Waals surface area contributed by atoms with Gasteiger partial charge in [-0.2, -0.15) is 0 Å². The van der Waals surface area contributed by atoms with Crippen molar-refractivity contribution in [2.24, 2.45) is 0 Å². The van der Waals surface area contributed by atoms with Gasteiger partial charge in [-0.25, -0.2) is 0 Å². The quantitative estimate of drug-likeness (QED) is 0.557. The Hall–Kier alpha value is -0.937. The first kappa shape index (κ1) is 14.1. The fourth-order valence-corrected chi connectivity index (χ4v) is 1.10. The number of halogens is 6. The maximum atomic E-state index is 11.4. The predicted octanol–water partition coefficient (Wildman–Crippen LogP) is 0.732. The van der Waals surface area contributed by atoms with Crippen molar-refractivity contribution >= 4 is 28.0 Å². The zero-order chi connectivity index (χ0) is 12.3. The molecule has 0 unspecified atom stereocenters. The van der Waals surface area contributed by atoms with Crippen LogP contribution in [-0.2, 0) is 17.1 Å². The molecule has 0 aliphatic heterocycles. The number of hydrogen-bond acceptors (Lipinski definition) is 4. The van der Waals surface area contributed by atoms with E-state index < -0.39 is 40.4 Å². The van der Waals surface area contributed by atoms with Crippen LogP contribution in [0.25, 0.3) is 0 Å². The van der Waals surface area contributed by atoms with Crippen molar-refractivity contribution in [2.45, 2.75) is 12.4 Å². The van der Waals surface area contributed by atoms with Crippen LogP contribution in [0.15, 0.2) is 0 Å². The molecule has 0 N–H and O–H groups in total. The van der Waals surface area contributed by atoms with Crippen molar-refractivity contribution in [3.8, 4) is 0 Å². The molecule has 0 bridgehead atoms. The standard InChI is InChI=1S/C4F6GeO4/c5-3(6,7)1(12)14-11-15-2(13)4(8,9)10. The molecule has 0 heterocycles. The molecule has 2 radical (unpaired) electrons. The second kappa shape index (κ2) is 4.72. The molecule has 15 heavy (non-hydrogen) atoms. The van der Waals surface area contributed by atoms with E-state index >= 15 is 0 Å². The van der Waals surface area contributed by atoms with Crippen LogP contribution in [0.5, 0.6) is 0 Å². The molecular formula is C4F6GeO4. The first-order chi connectivity index (χ1) is 6.55. The third-order valence-corrected chi connectivity index (χ3v) is 1.86. The number of rotatable bonds is 2. The molecule has 0 aromatic carbocycles. The zero-order valence-electron chi connectivity index (χ0n) is 6.40. The molecular weight excluding hydrogens is 299 g/mol. The Morgan fingerprint density at radius 3 is 1.27 bits per heavy atom. The van der Waals surface area contributed by atoms with E-state index in [4.69, 9.17) is 0 Å². The second-order valence-electron chi connectivity index (χ2n) is 1.86. The van der Waals surface area contributed by atoms with Crippen LogP contribution in [0.2, 0.25) is 0 Å². The first-order valence-corrected chi connectivity index (χ1v) is 4.57. The van der Waals surface area contributed by atoms with E-state index in [-0.39, 0.29) is 0 Å². The van der Waals surface area contributed by atoms with Crippen LogP contribution < -0.4 is 0 Å². The number of alkyl halides is 6. The van der Waals surface area contributed by atoms with Crippen molar-refractivity contribution in [2.75, 3.05) is 0 Å². The SMILES string of the molecule is O=C([O][Ge][O]C(=O)C(F)(F)F)C(F)(F)F. The molecule has 0 atom stereocenters. The minimum absolute atomic E-state index is 2.70. The third-order valence-electron chi connectivity index (χ3n) is 0.732. The Labute approximate surface area is 84.7 Å². The van der Waals surface area contributed by atoms with E-state index in [1.807, 2.05) is 0 Å². The normalized spacial score (nSPS) is 12.1. The van der Waals surface area contributed by atoms with Gasteiger partial charge in [-0.1, -0.05) is 0 Å². The summed E-state index contributed by atoms with van der Waals surface area (Å²) in [7, 11) is 0. The van der Waals surface area contributed by atoms with Gasteiger partial charge in [-0.05, 0) is 0 Å². The number of carbonyl (C=O) groups excluding carboxylic acids is 2. The minimum atomic E-state index is -5.33. The summed E-state index contributed by atoms with van der Waals surface area (Å²) in [5, 5.41) is 0. The average molecular weight is 299 g/mol. The van der Waals surface area contributed by atoms with Crippen LogP contribution in [-0.4, -0.2) is 40.4 Å².